The Kier molecular flexibility index (Phi) is 19.1. The van der Waals surface area contributed by atoms with E-state index in [1.165, 1.54) is 70.6 Å². The zero-order valence-corrected chi connectivity index (χ0v) is 19.6. The van der Waals surface area contributed by atoms with Crippen LogP contribution in [0.2, 0.25) is 0 Å². The second-order valence-electron chi connectivity index (χ2n) is 8.08. The van der Waals surface area contributed by atoms with Crippen molar-refractivity contribution in [2.45, 2.75) is 116 Å². The summed E-state index contributed by atoms with van der Waals surface area (Å²) in [5.41, 5.74) is 0. The van der Waals surface area contributed by atoms with Gasteiger partial charge in [0.2, 0.25) is 5.91 Å². The van der Waals surface area contributed by atoms with Crippen molar-refractivity contribution >= 4 is 22.8 Å². The van der Waals surface area contributed by atoms with E-state index in [-0.39, 0.29) is 16.8 Å². The summed E-state index contributed by atoms with van der Waals surface area (Å²) in [6, 6.07) is -0.725. The van der Waals surface area contributed by atoms with Gasteiger partial charge in [-0.1, -0.05) is 84.5 Å². The standard InChI is InChI=1S/C23H45NO3S/c1-4-6-8-9-10-11-12-13-14-15-16-17-22(25)24-21(23(26)27)18-20-28(3)19-7-5-2/h21H,4-20H2,1-3H3,(H-,24,25,26,27)/p+1/t21-,28?/m1/s1. The average Bonchev–Trinajstić information content (AvgIpc) is 2.67. The number of carboxylic acids is 1. The summed E-state index contributed by atoms with van der Waals surface area (Å²) in [6.45, 7) is 4.42. The molecule has 28 heavy (non-hydrogen) atoms. The van der Waals surface area contributed by atoms with Crippen molar-refractivity contribution in [3.8, 4) is 0 Å². The van der Waals surface area contributed by atoms with Gasteiger partial charge in [0.1, 0.15) is 17.5 Å². The molecule has 2 N–H and O–H groups in total. The molecule has 0 aliphatic heterocycles. The number of unbranched alkanes of at least 4 members (excludes halogenated alkanes) is 11. The van der Waals surface area contributed by atoms with Crippen LogP contribution in [-0.4, -0.2) is 40.8 Å². The lowest BCUT2D eigenvalue weighted by Gasteiger charge is -2.14. The number of hydrogen-bond donors (Lipinski definition) is 2. The van der Waals surface area contributed by atoms with E-state index in [9.17, 15) is 14.7 Å². The number of aliphatic carboxylic acids is 1. The SMILES string of the molecule is CCCCCCCCCCCCCC(=O)N[C@H](CC[S+](C)CCCC)C(=O)O. The highest BCUT2D eigenvalue weighted by Gasteiger charge is 2.23. The normalized spacial score (nSPS) is 13.2. The first-order chi connectivity index (χ1) is 13.5. The summed E-state index contributed by atoms with van der Waals surface area (Å²) >= 11 is 0. The predicted octanol–water partition coefficient (Wildman–Crippen LogP) is 5.70. The van der Waals surface area contributed by atoms with Gasteiger partial charge in [0.15, 0.2) is 0 Å². The molecule has 0 bridgehead atoms. The van der Waals surface area contributed by atoms with Gasteiger partial charge in [-0.05, 0) is 23.7 Å². The lowest BCUT2D eigenvalue weighted by Crippen LogP contribution is -2.41. The topological polar surface area (TPSA) is 66.4 Å². The van der Waals surface area contributed by atoms with Crippen LogP contribution in [0.1, 0.15) is 110 Å². The maximum atomic E-state index is 12.1. The lowest BCUT2D eigenvalue weighted by molar-refractivity contribution is -0.141. The van der Waals surface area contributed by atoms with Crippen LogP contribution in [0.15, 0.2) is 0 Å². The minimum atomic E-state index is -0.903. The number of carboxylic acid groups (broad SMARTS) is 1. The Hall–Kier alpha value is -0.710. The van der Waals surface area contributed by atoms with E-state index in [1.807, 2.05) is 0 Å². The van der Waals surface area contributed by atoms with Crippen molar-refractivity contribution in [2.24, 2.45) is 0 Å². The molecule has 0 rings (SSSR count). The van der Waals surface area contributed by atoms with Crippen LogP contribution in [0.5, 0.6) is 0 Å². The third-order valence-electron chi connectivity index (χ3n) is 5.24. The molecule has 0 radical (unpaired) electrons. The molecule has 1 unspecified atom stereocenters. The highest BCUT2D eigenvalue weighted by molar-refractivity contribution is 7.96. The fourth-order valence-corrected chi connectivity index (χ4v) is 4.91. The number of carbonyl (C=O) groups excluding carboxylic acids is 1. The van der Waals surface area contributed by atoms with Crippen molar-refractivity contribution < 1.29 is 14.7 Å². The van der Waals surface area contributed by atoms with Crippen molar-refractivity contribution in [1.29, 1.82) is 0 Å². The summed E-state index contributed by atoms with van der Waals surface area (Å²) in [4.78, 5) is 23.5. The summed E-state index contributed by atoms with van der Waals surface area (Å²) in [5.74, 6) is 1.04. The summed E-state index contributed by atoms with van der Waals surface area (Å²) < 4.78 is 0. The maximum absolute atomic E-state index is 12.1. The monoisotopic (exact) mass is 416 g/mol. The van der Waals surface area contributed by atoms with Crippen LogP contribution in [0.25, 0.3) is 0 Å². The molecule has 0 spiro atoms. The molecule has 5 heteroatoms. The van der Waals surface area contributed by atoms with Crippen molar-refractivity contribution in [2.75, 3.05) is 17.8 Å². The van der Waals surface area contributed by atoms with Gasteiger partial charge in [0.25, 0.3) is 0 Å². The van der Waals surface area contributed by atoms with Crippen LogP contribution in [0.4, 0.5) is 0 Å². The largest absolute Gasteiger partial charge is 0.480 e. The number of amides is 1. The Morgan fingerprint density at radius 2 is 1.29 bits per heavy atom. The molecule has 2 atom stereocenters. The fourth-order valence-electron chi connectivity index (χ4n) is 3.29. The van der Waals surface area contributed by atoms with Crippen LogP contribution < -0.4 is 5.32 Å². The van der Waals surface area contributed by atoms with Gasteiger partial charge >= 0.3 is 5.97 Å². The Balaban J connectivity index is 3.71. The van der Waals surface area contributed by atoms with Gasteiger partial charge < -0.3 is 10.4 Å². The van der Waals surface area contributed by atoms with E-state index in [2.05, 4.69) is 25.4 Å². The Morgan fingerprint density at radius 3 is 1.79 bits per heavy atom. The Labute approximate surface area is 177 Å². The fraction of sp³-hybridized carbons (Fsp3) is 0.913. The van der Waals surface area contributed by atoms with E-state index < -0.39 is 12.0 Å². The van der Waals surface area contributed by atoms with Gasteiger partial charge in [-0.15, -0.1) is 0 Å². The van der Waals surface area contributed by atoms with E-state index >= 15 is 0 Å². The van der Waals surface area contributed by atoms with E-state index in [4.69, 9.17) is 0 Å². The third-order valence-corrected chi connectivity index (χ3v) is 7.16. The first-order valence-electron chi connectivity index (χ1n) is 11.6. The lowest BCUT2D eigenvalue weighted by atomic mass is 10.1. The number of hydrogen-bond acceptors (Lipinski definition) is 2. The molecule has 0 aromatic rings. The van der Waals surface area contributed by atoms with Gasteiger partial charge in [0.05, 0.1) is 6.26 Å². The molecule has 0 heterocycles. The zero-order valence-electron chi connectivity index (χ0n) is 18.8. The smallest absolute Gasteiger partial charge is 0.326 e. The molecule has 0 aliphatic carbocycles. The second kappa shape index (κ2) is 19.6. The molecular formula is C23H46NO3S+. The van der Waals surface area contributed by atoms with Crippen LogP contribution in [-0.2, 0) is 20.5 Å². The van der Waals surface area contributed by atoms with Gasteiger partial charge in [0, 0.05) is 12.8 Å². The molecule has 0 aliphatic rings. The van der Waals surface area contributed by atoms with Gasteiger partial charge in [-0.25, -0.2) is 4.79 Å². The van der Waals surface area contributed by atoms with E-state index in [0.717, 1.165) is 24.3 Å². The first kappa shape index (κ1) is 27.3. The first-order valence-corrected chi connectivity index (χ1v) is 13.6. The zero-order chi connectivity index (χ0) is 21.0. The van der Waals surface area contributed by atoms with Gasteiger partial charge in [-0.2, -0.15) is 0 Å². The molecule has 0 fully saturated rings. The minimum absolute atomic E-state index is 0.104. The minimum Gasteiger partial charge on any atom is -0.480 e. The molecular weight excluding hydrogens is 370 g/mol. The van der Waals surface area contributed by atoms with Crippen molar-refractivity contribution in [3.05, 3.63) is 0 Å². The summed E-state index contributed by atoms with van der Waals surface area (Å²) in [6.07, 6.45) is 19.3. The average molecular weight is 417 g/mol. The number of rotatable bonds is 20. The van der Waals surface area contributed by atoms with Crippen molar-refractivity contribution in [3.63, 3.8) is 0 Å². The highest BCUT2D eigenvalue weighted by Crippen LogP contribution is 2.12. The number of carbonyl (C=O) groups is 2. The molecule has 166 valence electrons. The summed E-state index contributed by atoms with van der Waals surface area (Å²) in [5, 5.41) is 12.1. The van der Waals surface area contributed by atoms with Crippen LogP contribution in [0, 0.1) is 0 Å². The van der Waals surface area contributed by atoms with Crippen molar-refractivity contribution in [1.82, 2.24) is 5.32 Å². The Bertz CT molecular complexity index is 390. The molecule has 0 aromatic carbocycles. The van der Waals surface area contributed by atoms with Crippen LogP contribution in [0.3, 0.4) is 0 Å². The predicted molar refractivity (Wildman–Crippen MR) is 123 cm³/mol. The van der Waals surface area contributed by atoms with Crippen LogP contribution >= 0.6 is 0 Å². The number of nitrogens with one attached hydrogen (secondary N) is 1. The third kappa shape index (κ3) is 17.4. The molecule has 0 saturated heterocycles. The van der Waals surface area contributed by atoms with Gasteiger partial charge in [-0.3, -0.25) is 4.79 Å². The maximum Gasteiger partial charge on any atom is 0.326 e. The molecule has 0 aromatic heterocycles. The second-order valence-corrected chi connectivity index (χ2v) is 10.5. The summed E-state index contributed by atoms with van der Waals surface area (Å²) in [7, 11) is 0.250. The molecule has 1 amide bonds. The molecule has 0 saturated carbocycles. The molecule has 4 nitrogen and oxygen atoms in total. The highest BCUT2D eigenvalue weighted by atomic mass is 32.2. The quantitative estimate of drug-likeness (QED) is 0.198. The van der Waals surface area contributed by atoms with E-state index in [0.29, 0.717) is 12.8 Å². The van der Waals surface area contributed by atoms with E-state index in [1.54, 1.807) is 0 Å². The Morgan fingerprint density at radius 1 is 0.786 bits per heavy atom.